The highest BCUT2D eigenvalue weighted by Gasteiger charge is 2.27. The number of Topliss-reactive ketones (excluding diaryl/α,β-unsaturated/α-hetero) is 2. The van der Waals surface area contributed by atoms with Crippen LogP contribution < -0.4 is 0 Å². The Morgan fingerprint density at radius 3 is 1.55 bits per heavy atom. The number of carbonyl (C=O) groups is 2. The van der Waals surface area contributed by atoms with E-state index in [9.17, 15) is 9.59 Å². The molecular weight excluding hydrogens is 272 g/mol. The second-order valence-electron chi connectivity index (χ2n) is 5.54. The summed E-state index contributed by atoms with van der Waals surface area (Å²) in [4.78, 5) is 25.3. The van der Waals surface area contributed by atoms with Crippen molar-refractivity contribution < 1.29 is 9.59 Å². The lowest BCUT2D eigenvalue weighted by atomic mass is 9.87. The predicted molar refractivity (Wildman–Crippen MR) is 89.3 cm³/mol. The lowest BCUT2D eigenvalue weighted by Crippen LogP contribution is -2.24. The standard InChI is InChI=1S/C20H20O2/c1-4-5-18(19(21)16-10-6-14(2)7-11-16)20(22)17-12-8-15(3)9-13-17/h4,6-13,18H,1,5H2,2-3H3. The lowest BCUT2D eigenvalue weighted by molar-refractivity contribution is 0.0809. The van der Waals surface area contributed by atoms with Gasteiger partial charge in [0.1, 0.15) is 0 Å². The molecule has 0 spiro atoms. The number of aryl methyl sites for hydroxylation is 2. The highest BCUT2D eigenvalue weighted by molar-refractivity contribution is 6.16. The molecule has 0 aromatic heterocycles. The minimum absolute atomic E-state index is 0.148. The van der Waals surface area contributed by atoms with Crippen LogP contribution >= 0.6 is 0 Å². The van der Waals surface area contributed by atoms with Gasteiger partial charge in [-0.05, 0) is 20.3 Å². The molecule has 0 aliphatic heterocycles. The van der Waals surface area contributed by atoms with Crippen LogP contribution in [0.3, 0.4) is 0 Å². The van der Waals surface area contributed by atoms with Gasteiger partial charge in [-0.2, -0.15) is 0 Å². The molecule has 0 radical (unpaired) electrons. The Balaban J connectivity index is 2.30. The number of rotatable bonds is 6. The van der Waals surface area contributed by atoms with Crippen LogP contribution in [0.5, 0.6) is 0 Å². The van der Waals surface area contributed by atoms with E-state index in [2.05, 4.69) is 6.58 Å². The van der Waals surface area contributed by atoms with Gasteiger partial charge in [-0.1, -0.05) is 65.7 Å². The summed E-state index contributed by atoms with van der Waals surface area (Å²) in [7, 11) is 0. The van der Waals surface area contributed by atoms with Crippen molar-refractivity contribution in [1.82, 2.24) is 0 Å². The van der Waals surface area contributed by atoms with Crippen molar-refractivity contribution in [3.8, 4) is 0 Å². The number of ketones is 2. The van der Waals surface area contributed by atoms with Crippen LogP contribution in [0.15, 0.2) is 61.2 Å². The van der Waals surface area contributed by atoms with Gasteiger partial charge in [-0.3, -0.25) is 9.59 Å². The van der Waals surface area contributed by atoms with Crippen LogP contribution in [-0.4, -0.2) is 11.6 Å². The SMILES string of the molecule is C=CCC(C(=O)c1ccc(C)cc1)C(=O)c1ccc(C)cc1. The molecule has 2 aromatic rings. The number of allylic oxidation sites excluding steroid dienone is 1. The monoisotopic (exact) mass is 292 g/mol. The van der Waals surface area contributed by atoms with Crippen molar-refractivity contribution >= 4 is 11.6 Å². The molecule has 0 aliphatic rings. The lowest BCUT2D eigenvalue weighted by Gasteiger charge is -2.13. The largest absolute Gasteiger partial charge is 0.293 e. The number of hydrogen-bond acceptors (Lipinski definition) is 2. The summed E-state index contributed by atoms with van der Waals surface area (Å²) in [6, 6.07) is 14.6. The summed E-state index contributed by atoms with van der Waals surface area (Å²) in [5.41, 5.74) is 3.30. The fraction of sp³-hybridized carbons (Fsp3) is 0.200. The fourth-order valence-corrected chi connectivity index (χ4v) is 2.34. The van der Waals surface area contributed by atoms with E-state index in [1.165, 1.54) is 0 Å². The Hall–Kier alpha value is -2.48. The number of hydrogen-bond donors (Lipinski definition) is 0. The maximum Gasteiger partial charge on any atom is 0.174 e. The van der Waals surface area contributed by atoms with Crippen molar-refractivity contribution in [2.45, 2.75) is 20.3 Å². The maximum atomic E-state index is 12.7. The van der Waals surface area contributed by atoms with Crippen LogP contribution in [0.4, 0.5) is 0 Å². The van der Waals surface area contributed by atoms with Gasteiger partial charge in [0.25, 0.3) is 0 Å². The Labute approximate surface area is 131 Å². The van der Waals surface area contributed by atoms with Gasteiger partial charge in [-0.15, -0.1) is 6.58 Å². The molecule has 22 heavy (non-hydrogen) atoms. The predicted octanol–water partition coefficient (Wildman–Crippen LogP) is 4.56. The highest BCUT2D eigenvalue weighted by atomic mass is 16.1. The average molecular weight is 292 g/mol. The van der Waals surface area contributed by atoms with Gasteiger partial charge in [0.2, 0.25) is 0 Å². The smallest absolute Gasteiger partial charge is 0.174 e. The normalized spacial score (nSPS) is 10.5. The van der Waals surface area contributed by atoms with Crippen molar-refractivity contribution in [2.24, 2.45) is 5.92 Å². The summed E-state index contributed by atoms with van der Waals surface area (Å²) in [5, 5.41) is 0. The Morgan fingerprint density at radius 2 is 1.23 bits per heavy atom. The molecule has 0 atom stereocenters. The zero-order chi connectivity index (χ0) is 16.1. The number of carbonyl (C=O) groups excluding carboxylic acids is 2. The molecule has 0 heterocycles. The molecule has 0 saturated heterocycles. The Bertz CT molecular complexity index is 621. The molecule has 0 bridgehead atoms. The first-order valence-electron chi connectivity index (χ1n) is 7.35. The third-order valence-corrected chi connectivity index (χ3v) is 3.71. The first-order chi connectivity index (χ1) is 10.5. The molecular formula is C20H20O2. The second-order valence-corrected chi connectivity index (χ2v) is 5.54. The van der Waals surface area contributed by atoms with E-state index >= 15 is 0 Å². The molecule has 0 unspecified atom stereocenters. The van der Waals surface area contributed by atoms with Crippen LogP contribution in [0.2, 0.25) is 0 Å². The van der Waals surface area contributed by atoms with Crippen molar-refractivity contribution in [3.63, 3.8) is 0 Å². The van der Waals surface area contributed by atoms with Gasteiger partial charge in [-0.25, -0.2) is 0 Å². The van der Waals surface area contributed by atoms with E-state index in [0.29, 0.717) is 17.5 Å². The van der Waals surface area contributed by atoms with Gasteiger partial charge >= 0.3 is 0 Å². The zero-order valence-corrected chi connectivity index (χ0v) is 13.0. The van der Waals surface area contributed by atoms with Crippen molar-refractivity contribution in [1.29, 1.82) is 0 Å². The minimum atomic E-state index is -0.706. The molecule has 2 rings (SSSR count). The van der Waals surface area contributed by atoms with E-state index in [4.69, 9.17) is 0 Å². The van der Waals surface area contributed by atoms with E-state index in [1.807, 2.05) is 38.1 Å². The molecule has 0 aliphatic carbocycles. The van der Waals surface area contributed by atoms with Crippen molar-refractivity contribution in [3.05, 3.63) is 83.4 Å². The fourth-order valence-electron chi connectivity index (χ4n) is 2.34. The Kier molecular flexibility index (Phi) is 5.05. The van der Waals surface area contributed by atoms with Crippen LogP contribution in [0, 0.1) is 19.8 Å². The van der Waals surface area contributed by atoms with Crippen LogP contribution in [0.25, 0.3) is 0 Å². The molecule has 0 N–H and O–H groups in total. The molecule has 0 amide bonds. The molecule has 0 saturated carbocycles. The summed E-state index contributed by atoms with van der Waals surface area (Å²) in [6.07, 6.45) is 1.97. The van der Waals surface area contributed by atoms with Gasteiger partial charge in [0.15, 0.2) is 11.6 Å². The van der Waals surface area contributed by atoms with Crippen molar-refractivity contribution in [2.75, 3.05) is 0 Å². The topological polar surface area (TPSA) is 34.1 Å². The summed E-state index contributed by atoms with van der Waals surface area (Å²) < 4.78 is 0. The first-order valence-corrected chi connectivity index (χ1v) is 7.35. The maximum absolute atomic E-state index is 12.7. The average Bonchev–Trinajstić information content (AvgIpc) is 2.53. The highest BCUT2D eigenvalue weighted by Crippen LogP contribution is 2.19. The minimum Gasteiger partial charge on any atom is -0.293 e. The molecule has 2 heteroatoms. The first kappa shape index (κ1) is 15.9. The molecule has 2 aromatic carbocycles. The zero-order valence-electron chi connectivity index (χ0n) is 13.0. The Morgan fingerprint density at radius 1 is 0.864 bits per heavy atom. The van der Waals surface area contributed by atoms with Crippen LogP contribution in [0.1, 0.15) is 38.3 Å². The summed E-state index contributed by atoms with van der Waals surface area (Å²) in [6.45, 7) is 7.61. The van der Waals surface area contributed by atoms with Crippen LogP contribution in [-0.2, 0) is 0 Å². The summed E-state index contributed by atoms with van der Waals surface area (Å²) >= 11 is 0. The third kappa shape index (κ3) is 3.59. The summed E-state index contributed by atoms with van der Waals surface area (Å²) in [5.74, 6) is -1.00. The van der Waals surface area contributed by atoms with E-state index < -0.39 is 5.92 Å². The quantitative estimate of drug-likeness (QED) is 0.444. The van der Waals surface area contributed by atoms with E-state index in [1.54, 1.807) is 30.3 Å². The van der Waals surface area contributed by atoms with E-state index in [0.717, 1.165) is 11.1 Å². The van der Waals surface area contributed by atoms with Gasteiger partial charge < -0.3 is 0 Å². The molecule has 112 valence electrons. The molecule has 2 nitrogen and oxygen atoms in total. The van der Waals surface area contributed by atoms with E-state index in [-0.39, 0.29) is 11.6 Å². The third-order valence-electron chi connectivity index (χ3n) is 3.71. The second kappa shape index (κ2) is 6.99. The number of benzene rings is 2. The van der Waals surface area contributed by atoms with Gasteiger partial charge in [0.05, 0.1) is 5.92 Å². The molecule has 0 fully saturated rings. The van der Waals surface area contributed by atoms with Gasteiger partial charge in [0, 0.05) is 11.1 Å².